The number of carbonyl (C=O) groups is 1. The summed E-state index contributed by atoms with van der Waals surface area (Å²) in [5.41, 5.74) is 2.00. The molecule has 0 radical (unpaired) electrons. The first kappa shape index (κ1) is 22.0. The number of aromatic nitrogens is 2. The lowest BCUT2D eigenvalue weighted by Crippen LogP contribution is -2.29. The highest BCUT2D eigenvalue weighted by molar-refractivity contribution is 6.45. The Morgan fingerprint density at radius 3 is 2.63 bits per heavy atom. The van der Waals surface area contributed by atoms with E-state index >= 15 is 0 Å². The summed E-state index contributed by atoms with van der Waals surface area (Å²) in [5, 5.41) is 12.0. The third-order valence-corrected chi connectivity index (χ3v) is 4.85. The molecule has 1 aromatic heterocycles. The molecule has 1 amide bonds. The summed E-state index contributed by atoms with van der Waals surface area (Å²) in [7, 11) is 2.89. The molecule has 7 nitrogen and oxygen atoms in total. The third-order valence-electron chi connectivity index (χ3n) is 4.06. The molecule has 2 aromatic carbocycles. The quantitative estimate of drug-likeness (QED) is 0.410. The molecule has 3 rings (SSSR count). The zero-order valence-corrected chi connectivity index (χ0v) is 18.3. The molecule has 0 saturated heterocycles. The van der Waals surface area contributed by atoms with Crippen LogP contribution >= 0.6 is 34.8 Å². The Morgan fingerprint density at radius 1 is 1.17 bits per heavy atom. The van der Waals surface area contributed by atoms with Crippen molar-refractivity contribution in [2.75, 3.05) is 14.2 Å². The smallest absolute Gasteiger partial charge is 0.273 e. The van der Waals surface area contributed by atoms with Crippen molar-refractivity contribution in [1.82, 2.24) is 15.1 Å². The molecule has 0 aliphatic heterocycles. The van der Waals surface area contributed by atoms with Gasteiger partial charge < -0.3 is 14.9 Å². The number of hydrogen-bond acceptors (Lipinski definition) is 5. The number of benzene rings is 2. The SMILES string of the molecule is CNC(=O)C(=NOC)c1ccccc1COc1nn(-c2ccc(Cl)cc2Cl)cc1Cl. The van der Waals surface area contributed by atoms with Gasteiger partial charge in [0.1, 0.15) is 18.7 Å². The van der Waals surface area contributed by atoms with Crippen molar-refractivity contribution in [3.05, 3.63) is 74.9 Å². The van der Waals surface area contributed by atoms with Crippen LogP contribution in [-0.2, 0) is 16.2 Å². The third kappa shape index (κ3) is 4.87. The van der Waals surface area contributed by atoms with Gasteiger partial charge >= 0.3 is 0 Å². The minimum absolute atomic E-state index is 0.0982. The van der Waals surface area contributed by atoms with Crippen LogP contribution in [0.4, 0.5) is 0 Å². The predicted octanol–water partition coefficient (Wildman–Crippen LogP) is 4.51. The number of halogens is 3. The fraction of sp³-hybridized carbons (Fsp3) is 0.150. The first-order valence-electron chi connectivity index (χ1n) is 8.69. The summed E-state index contributed by atoms with van der Waals surface area (Å²) in [6.07, 6.45) is 1.58. The molecule has 30 heavy (non-hydrogen) atoms. The van der Waals surface area contributed by atoms with E-state index in [0.717, 1.165) is 0 Å². The normalized spacial score (nSPS) is 11.3. The van der Waals surface area contributed by atoms with Crippen LogP contribution in [0.25, 0.3) is 5.69 Å². The van der Waals surface area contributed by atoms with Gasteiger partial charge in [-0.25, -0.2) is 4.68 Å². The standard InChI is InChI=1S/C20H17Cl3N4O3/c1-24-19(28)18(26-29-2)14-6-4-3-5-12(14)11-30-20-16(23)10-27(25-20)17-8-7-13(21)9-15(17)22/h3-10H,11H2,1-2H3,(H,24,28). The number of amides is 1. The molecular weight excluding hydrogens is 451 g/mol. The van der Waals surface area contributed by atoms with Crippen molar-refractivity contribution >= 4 is 46.4 Å². The average molecular weight is 468 g/mol. The van der Waals surface area contributed by atoms with Gasteiger partial charge in [-0.05, 0) is 23.8 Å². The first-order valence-corrected chi connectivity index (χ1v) is 9.83. The van der Waals surface area contributed by atoms with Gasteiger partial charge in [0.25, 0.3) is 11.8 Å². The van der Waals surface area contributed by atoms with E-state index in [4.69, 9.17) is 44.4 Å². The van der Waals surface area contributed by atoms with E-state index in [1.54, 1.807) is 36.5 Å². The predicted molar refractivity (Wildman–Crippen MR) is 117 cm³/mol. The molecule has 0 aliphatic carbocycles. The largest absolute Gasteiger partial charge is 0.471 e. The van der Waals surface area contributed by atoms with Gasteiger partial charge in [-0.3, -0.25) is 4.79 Å². The van der Waals surface area contributed by atoms with Crippen LogP contribution in [0.5, 0.6) is 5.88 Å². The number of carbonyl (C=O) groups excluding carboxylic acids is 1. The fourth-order valence-corrected chi connectivity index (χ4v) is 3.35. The molecule has 0 unspecified atom stereocenters. The Hall–Kier alpha value is -2.74. The average Bonchev–Trinajstić information content (AvgIpc) is 3.10. The van der Waals surface area contributed by atoms with E-state index in [2.05, 4.69) is 15.6 Å². The van der Waals surface area contributed by atoms with E-state index in [1.807, 2.05) is 12.1 Å². The van der Waals surface area contributed by atoms with Crippen molar-refractivity contribution in [2.45, 2.75) is 6.61 Å². The Balaban J connectivity index is 1.86. The van der Waals surface area contributed by atoms with Crippen molar-refractivity contribution in [3.8, 4) is 11.6 Å². The highest BCUT2D eigenvalue weighted by Crippen LogP contribution is 2.29. The zero-order valence-electron chi connectivity index (χ0n) is 16.0. The molecule has 0 fully saturated rings. The monoisotopic (exact) mass is 466 g/mol. The number of likely N-dealkylation sites (N-methyl/N-ethyl adjacent to an activating group) is 1. The Morgan fingerprint density at radius 2 is 1.93 bits per heavy atom. The molecule has 0 spiro atoms. The summed E-state index contributed by atoms with van der Waals surface area (Å²) in [6.45, 7) is 0.0982. The molecular formula is C20H17Cl3N4O3. The maximum Gasteiger partial charge on any atom is 0.273 e. The molecule has 1 heterocycles. The van der Waals surface area contributed by atoms with Crippen molar-refractivity contribution in [3.63, 3.8) is 0 Å². The molecule has 0 atom stereocenters. The summed E-state index contributed by atoms with van der Waals surface area (Å²) in [4.78, 5) is 17.0. The molecule has 0 aliphatic rings. The number of nitrogens with one attached hydrogen (secondary N) is 1. The van der Waals surface area contributed by atoms with Crippen molar-refractivity contribution in [2.24, 2.45) is 5.16 Å². The Labute approximate surface area is 188 Å². The van der Waals surface area contributed by atoms with Crippen molar-refractivity contribution < 1.29 is 14.4 Å². The lowest BCUT2D eigenvalue weighted by atomic mass is 10.0. The number of oxime groups is 1. The van der Waals surface area contributed by atoms with Gasteiger partial charge in [-0.2, -0.15) is 0 Å². The van der Waals surface area contributed by atoms with E-state index in [1.165, 1.54) is 18.8 Å². The Kier molecular flexibility index (Phi) is 7.20. The molecule has 3 aromatic rings. The molecule has 156 valence electrons. The summed E-state index contributed by atoms with van der Waals surface area (Å²) < 4.78 is 7.31. The number of ether oxygens (including phenoxy) is 1. The topological polar surface area (TPSA) is 77.7 Å². The van der Waals surface area contributed by atoms with E-state index < -0.39 is 0 Å². The van der Waals surface area contributed by atoms with Crippen LogP contribution < -0.4 is 10.1 Å². The minimum Gasteiger partial charge on any atom is -0.471 e. The second-order valence-corrected chi connectivity index (χ2v) is 7.22. The van der Waals surface area contributed by atoms with Gasteiger partial charge in [0.05, 0.1) is 16.9 Å². The molecule has 0 saturated carbocycles. The van der Waals surface area contributed by atoms with Gasteiger partial charge in [0, 0.05) is 17.6 Å². The van der Waals surface area contributed by atoms with E-state index in [0.29, 0.717) is 31.9 Å². The van der Waals surface area contributed by atoms with Crippen LogP contribution in [-0.4, -0.2) is 35.6 Å². The highest BCUT2D eigenvalue weighted by Gasteiger charge is 2.18. The maximum absolute atomic E-state index is 12.2. The number of hydrogen-bond donors (Lipinski definition) is 1. The van der Waals surface area contributed by atoms with Gasteiger partial charge in [-0.1, -0.05) is 64.2 Å². The van der Waals surface area contributed by atoms with E-state index in [9.17, 15) is 4.79 Å². The van der Waals surface area contributed by atoms with E-state index in [-0.39, 0.29) is 24.1 Å². The van der Waals surface area contributed by atoms with Crippen molar-refractivity contribution in [1.29, 1.82) is 0 Å². The minimum atomic E-state index is -0.385. The van der Waals surface area contributed by atoms with Crippen LogP contribution in [0.2, 0.25) is 15.1 Å². The lowest BCUT2D eigenvalue weighted by Gasteiger charge is -2.11. The summed E-state index contributed by atoms with van der Waals surface area (Å²) in [5.74, 6) is -0.174. The van der Waals surface area contributed by atoms with Gasteiger partial charge in [0.2, 0.25) is 0 Å². The maximum atomic E-state index is 12.2. The molecule has 0 bridgehead atoms. The fourth-order valence-electron chi connectivity index (χ4n) is 2.67. The summed E-state index contributed by atoms with van der Waals surface area (Å²) >= 11 is 18.5. The molecule has 10 heteroatoms. The molecule has 1 N–H and O–H groups in total. The Bertz CT molecular complexity index is 1100. The highest BCUT2D eigenvalue weighted by atomic mass is 35.5. The first-order chi connectivity index (χ1) is 14.4. The van der Waals surface area contributed by atoms with Gasteiger partial charge in [0.15, 0.2) is 5.71 Å². The van der Waals surface area contributed by atoms with Crippen LogP contribution in [0, 0.1) is 0 Å². The second kappa shape index (κ2) is 9.84. The lowest BCUT2D eigenvalue weighted by molar-refractivity contribution is -0.114. The zero-order chi connectivity index (χ0) is 21.7. The number of nitrogens with zero attached hydrogens (tertiary/aromatic N) is 3. The van der Waals surface area contributed by atoms with Crippen LogP contribution in [0.1, 0.15) is 11.1 Å². The second-order valence-electron chi connectivity index (χ2n) is 5.97. The van der Waals surface area contributed by atoms with Crippen LogP contribution in [0.15, 0.2) is 53.8 Å². The summed E-state index contributed by atoms with van der Waals surface area (Å²) in [6, 6.07) is 12.2. The van der Waals surface area contributed by atoms with Crippen LogP contribution in [0.3, 0.4) is 0 Å². The van der Waals surface area contributed by atoms with Gasteiger partial charge in [-0.15, -0.1) is 5.10 Å². The number of rotatable bonds is 7.